The van der Waals surface area contributed by atoms with Crippen molar-refractivity contribution >= 4 is 39.7 Å². The average molecular weight is 375 g/mol. The minimum Gasteiger partial charge on any atom is -0.465 e. The lowest BCUT2D eigenvalue weighted by atomic mass is 10.2. The number of benzene rings is 2. The molecule has 118 valence electrons. The lowest BCUT2D eigenvalue weighted by Crippen LogP contribution is -2.23. The molecule has 0 spiro atoms. The number of esters is 1. The first-order valence-electron chi connectivity index (χ1n) is 6.77. The maximum atomic E-state index is 11.8. The smallest absolute Gasteiger partial charge is 0.337 e. The van der Waals surface area contributed by atoms with Crippen LogP contribution in [0.25, 0.3) is 6.08 Å². The summed E-state index contributed by atoms with van der Waals surface area (Å²) >= 11 is 3.42. The number of urea groups is 1. The molecule has 0 saturated carbocycles. The average Bonchev–Trinajstić information content (AvgIpc) is 2.56. The number of anilines is 1. The molecule has 0 bridgehead atoms. The number of hydrogen-bond donors (Lipinski definition) is 2. The van der Waals surface area contributed by atoms with Crippen LogP contribution in [0.1, 0.15) is 15.9 Å². The Morgan fingerprint density at radius 3 is 2.65 bits per heavy atom. The second-order valence-electron chi connectivity index (χ2n) is 4.53. The molecular formula is C17H15BrN2O3. The molecule has 2 amide bonds. The van der Waals surface area contributed by atoms with Crippen molar-refractivity contribution < 1.29 is 14.3 Å². The molecule has 5 nitrogen and oxygen atoms in total. The van der Waals surface area contributed by atoms with E-state index in [2.05, 4.69) is 31.3 Å². The number of rotatable bonds is 4. The van der Waals surface area contributed by atoms with Gasteiger partial charge in [0.25, 0.3) is 0 Å². The third-order valence-corrected chi connectivity index (χ3v) is 3.65. The fourth-order valence-electron chi connectivity index (χ4n) is 1.83. The van der Waals surface area contributed by atoms with Gasteiger partial charge >= 0.3 is 12.0 Å². The molecule has 0 aliphatic carbocycles. The van der Waals surface area contributed by atoms with Crippen LogP contribution in [0.15, 0.2) is 59.2 Å². The van der Waals surface area contributed by atoms with Gasteiger partial charge in [-0.15, -0.1) is 0 Å². The first-order valence-corrected chi connectivity index (χ1v) is 7.56. The van der Waals surface area contributed by atoms with Gasteiger partial charge in [0.1, 0.15) is 0 Å². The molecule has 0 aromatic heterocycles. The van der Waals surface area contributed by atoms with Gasteiger partial charge in [-0.2, -0.15) is 0 Å². The number of nitrogens with one attached hydrogen (secondary N) is 2. The van der Waals surface area contributed by atoms with Crippen LogP contribution < -0.4 is 10.6 Å². The fraction of sp³-hybridized carbons (Fsp3) is 0.0588. The summed E-state index contributed by atoms with van der Waals surface area (Å²) in [6.45, 7) is 0. The van der Waals surface area contributed by atoms with E-state index in [0.29, 0.717) is 11.3 Å². The Labute approximate surface area is 142 Å². The Morgan fingerprint density at radius 2 is 1.91 bits per heavy atom. The summed E-state index contributed by atoms with van der Waals surface area (Å²) in [6, 6.07) is 13.7. The monoisotopic (exact) mass is 374 g/mol. The highest BCUT2D eigenvalue weighted by Crippen LogP contribution is 2.16. The summed E-state index contributed by atoms with van der Waals surface area (Å²) < 4.78 is 5.57. The molecule has 2 aromatic carbocycles. The predicted octanol–water partition coefficient (Wildman–Crippen LogP) is 4.03. The third kappa shape index (κ3) is 4.96. The SMILES string of the molecule is COC(=O)c1cccc(NC(=O)N/C=C/c2ccccc2Br)c1. The Balaban J connectivity index is 1.95. The fourth-order valence-corrected chi connectivity index (χ4v) is 2.24. The quantitative estimate of drug-likeness (QED) is 0.793. The second-order valence-corrected chi connectivity index (χ2v) is 5.38. The Kier molecular flexibility index (Phi) is 5.94. The Bertz CT molecular complexity index is 744. The van der Waals surface area contributed by atoms with E-state index in [1.54, 1.807) is 36.5 Å². The summed E-state index contributed by atoms with van der Waals surface area (Å²) in [6.07, 6.45) is 3.31. The first-order chi connectivity index (χ1) is 11.1. The van der Waals surface area contributed by atoms with Crippen molar-refractivity contribution in [1.29, 1.82) is 0 Å². The van der Waals surface area contributed by atoms with Crippen LogP contribution in [0.5, 0.6) is 0 Å². The third-order valence-electron chi connectivity index (χ3n) is 2.92. The number of hydrogen-bond acceptors (Lipinski definition) is 3. The highest BCUT2D eigenvalue weighted by Gasteiger charge is 2.06. The lowest BCUT2D eigenvalue weighted by Gasteiger charge is -2.06. The molecule has 0 unspecified atom stereocenters. The molecule has 0 atom stereocenters. The van der Waals surface area contributed by atoms with Crippen molar-refractivity contribution in [3.63, 3.8) is 0 Å². The molecule has 0 fully saturated rings. The summed E-state index contributed by atoms with van der Waals surface area (Å²) in [5.41, 5.74) is 1.81. The zero-order valence-corrected chi connectivity index (χ0v) is 14.0. The number of methoxy groups -OCH3 is 1. The minimum absolute atomic E-state index is 0.369. The van der Waals surface area contributed by atoms with Gasteiger partial charge in [-0.1, -0.05) is 40.2 Å². The number of halogens is 1. The maximum Gasteiger partial charge on any atom is 0.337 e. The molecule has 0 saturated heterocycles. The predicted molar refractivity (Wildman–Crippen MR) is 93.1 cm³/mol. The van der Waals surface area contributed by atoms with Crippen LogP contribution in [0.4, 0.5) is 10.5 Å². The molecule has 2 rings (SSSR count). The van der Waals surface area contributed by atoms with Gasteiger partial charge in [0.05, 0.1) is 12.7 Å². The van der Waals surface area contributed by atoms with Gasteiger partial charge in [0.2, 0.25) is 0 Å². The van der Waals surface area contributed by atoms with Crippen molar-refractivity contribution in [3.05, 3.63) is 70.3 Å². The van der Waals surface area contributed by atoms with Crippen molar-refractivity contribution in [1.82, 2.24) is 5.32 Å². The maximum absolute atomic E-state index is 11.8. The van der Waals surface area contributed by atoms with Crippen LogP contribution in [0.3, 0.4) is 0 Å². The molecular weight excluding hydrogens is 360 g/mol. The van der Waals surface area contributed by atoms with Crippen molar-refractivity contribution in [2.75, 3.05) is 12.4 Å². The van der Waals surface area contributed by atoms with E-state index in [9.17, 15) is 9.59 Å². The molecule has 0 aliphatic heterocycles. The Hall–Kier alpha value is -2.60. The highest BCUT2D eigenvalue weighted by atomic mass is 79.9. The summed E-state index contributed by atoms with van der Waals surface area (Å²) in [5.74, 6) is -0.456. The van der Waals surface area contributed by atoms with E-state index in [-0.39, 0.29) is 0 Å². The van der Waals surface area contributed by atoms with Crippen LogP contribution in [-0.2, 0) is 4.74 Å². The Morgan fingerprint density at radius 1 is 1.13 bits per heavy atom. The largest absolute Gasteiger partial charge is 0.465 e. The molecule has 0 radical (unpaired) electrons. The van der Waals surface area contributed by atoms with Crippen LogP contribution >= 0.6 is 15.9 Å². The summed E-state index contributed by atoms with van der Waals surface area (Å²) in [5, 5.41) is 5.24. The standard InChI is InChI=1S/C17H15BrN2O3/c1-23-16(21)13-6-4-7-14(11-13)20-17(22)19-10-9-12-5-2-3-8-15(12)18/h2-11H,1H3,(H2,19,20,22)/b10-9+. The van der Waals surface area contributed by atoms with Crippen LogP contribution in [0.2, 0.25) is 0 Å². The van der Waals surface area contributed by atoms with Gasteiger partial charge < -0.3 is 15.4 Å². The van der Waals surface area contributed by atoms with E-state index < -0.39 is 12.0 Å². The number of carbonyl (C=O) groups excluding carboxylic acids is 2. The zero-order valence-electron chi connectivity index (χ0n) is 12.4. The number of amides is 2. The van der Waals surface area contributed by atoms with Gasteiger partial charge in [-0.3, -0.25) is 0 Å². The van der Waals surface area contributed by atoms with Crippen molar-refractivity contribution in [3.8, 4) is 0 Å². The molecule has 2 aromatic rings. The van der Waals surface area contributed by atoms with Crippen LogP contribution in [-0.4, -0.2) is 19.1 Å². The van der Waals surface area contributed by atoms with Gasteiger partial charge in [0.15, 0.2) is 0 Å². The normalized spacial score (nSPS) is 10.3. The van der Waals surface area contributed by atoms with E-state index in [1.165, 1.54) is 7.11 Å². The number of carbonyl (C=O) groups is 2. The van der Waals surface area contributed by atoms with E-state index in [0.717, 1.165) is 10.0 Å². The summed E-state index contributed by atoms with van der Waals surface area (Å²) in [4.78, 5) is 23.3. The van der Waals surface area contributed by atoms with E-state index >= 15 is 0 Å². The van der Waals surface area contributed by atoms with Crippen LogP contribution in [0, 0.1) is 0 Å². The van der Waals surface area contributed by atoms with Crippen molar-refractivity contribution in [2.45, 2.75) is 0 Å². The van der Waals surface area contributed by atoms with E-state index in [1.807, 2.05) is 24.3 Å². The highest BCUT2D eigenvalue weighted by molar-refractivity contribution is 9.10. The first kappa shape index (κ1) is 16.8. The topological polar surface area (TPSA) is 67.4 Å². The minimum atomic E-state index is -0.456. The zero-order chi connectivity index (χ0) is 16.7. The van der Waals surface area contributed by atoms with Crippen molar-refractivity contribution in [2.24, 2.45) is 0 Å². The summed E-state index contributed by atoms with van der Waals surface area (Å²) in [7, 11) is 1.31. The molecule has 6 heteroatoms. The second kappa shape index (κ2) is 8.14. The molecule has 0 heterocycles. The van der Waals surface area contributed by atoms with E-state index in [4.69, 9.17) is 0 Å². The number of ether oxygens (including phenoxy) is 1. The molecule has 0 aliphatic rings. The van der Waals surface area contributed by atoms with Gasteiger partial charge in [-0.05, 0) is 35.9 Å². The van der Waals surface area contributed by atoms with Gasteiger partial charge in [-0.25, -0.2) is 9.59 Å². The molecule has 23 heavy (non-hydrogen) atoms. The molecule has 2 N–H and O–H groups in total. The van der Waals surface area contributed by atoms with Gasteiger partial charge in [0, 0.05) is 16.4 Å². The lowest BCUT2D eigenvalue weighted by molar-refractivity contribution is 0.0600.